The van der Waals surface area contributed by atoms with E-state index < -0.39 is 17.1 Å². The van der Waals surface area contributed by atoms with Gasteiger partial charge in [0, 0.05) is 30.4 Å². The molecule has 0 spiro atoms. The molecule has 6 heteroatoms. The molecule has 0 saturated heterocycles. The maximum Gasteiger partial charge on any atom is 0.278 e. The molecule has 0 radical (unpaired) electrons. The summed E-state index contributed by atoms with van der Waals surface area (Å²) in [5.41, 5.74) is 5.60. The van der Waals surface area contributed by atoms with Crippen molar-refractivity contribution in [3.05, 3.63) is 117 Å². The van der Waals surface area contributed by atoms with Crippen LogP contribution in [0.2, 0.25) is 0 Å². The van der Waals surface area contributed by atoms with Gasteiger partial charge in [0.15, 0.2) is 11.4 Å². The zero-order chi connectivity index (χ0) is 25.7. The molecule has 2 aliphatic carbocycles. The summed E-state index contributed by atoms with van der Waals surface area (Å²) in [7, 11) is 0. The van der Waals surface area contributed by atoms with Gasteiger partial charge in [-0.3, -0.25) is 9.59 Å². The maximum absolute atomic E-state index is 13.8. The molecular formula is C31H27N3O3. The van der Waals surface area contributed by atoms with Crippen molar-refractivity contribution in [1.29, 1.82) is 5.26 Å². The predicted molar refractivity (Wildman–Crippen MR) is 142 cm³/mol. The molecule has 6 nitrogen and oxygen atoms in total. The number of rotatable bonds is 2. The van der Waals surface area contributed by atoms with Crippen LogP contribution < -0.4 is 10.3 Å². The van der Waals surface area contributed by atoms with Gasteiger partial charge in [-0.05, 0) is 60.1 Å². The summed E-state index contributed by atoms with van der Waals surface area (Å²) in [6.07, 6.45) is 9.08. The number of nitrogens with zero attached hydrogens (tertiary/aromatic N) is 3. The highest BCUT2D eigenvalue weighted by Gasteiger charge is 2.41. The Morgan fingerprint density at radius 2 is 1.89 bits per heavy atom. The highest BCUT2D eigenvalue weighted by Crippen LogP contribution is 2.47. The van der Waals surface area contributed by atoms with Crippen LogP contribution in [0, 0.1) is 17.2 Å². The van der Waals surface area contributed by atoms with Gasteiger partial charge in [0.1, 0.15) is 0 Å². The van der Waals surface area contributed by atoms with E-state index in [0.29, 0.717) is 23.7 Å². The molecule has 0 saturated carbocycles. The molecule has 3 unspecified atom stereocenters. The van der Waals surface area contributed by atoms with E-state index in [1.54, 1.807) is 39.9 Å². The highest BCUT2D eigenvalue weighted by molar-refractivity contribution is 6.07. The van der Waals surface area contributed by atoms with Gasteiger partial charge in [0.25, 0.3) is 5.91 Å². The highest BCUT2D eigenvalue weighted by atomic mass is 16.3. The number of allylic oxidation sites excluding steroid dienone is 4. The number of fused-ring (bicyclic) bond motifs is 2. The van der Waals surface area contributed by atoms with E-state index in [9.17, 15) is 20.0 Å². The zero-order valence-corrected chi connectivity index (χ0v) is 20.6. The summed E-state index contributed by atoms with van der Waals surface area (Å²) in [4.78, 5) is 27.8. The number of hydrogen-bond donors (Lipinski definition) is 1. The van der Waals surface area contributed by atoms with Crippen LogP contribution in [0.1, 0.15) is 58.9 Å². The van der Waals surface area contributed by atoms with E-state index in [1.165, 1.54) is 28.3 Å². The monoisotopic (exact) mass is 489 g/mol. The van der Waals surface area contributed by atoms with Crippen LogP contribution in [-0.2, 0) is 6.42 Å². The lowest BCUT2D eigenvalue weighted by Gasteiger charge is -2.41. The minimum atomic E-state index is -0.585. The second-order valence-electron chi connectivity index (χ2n) is 10.2. The number of aromatic hydroxyl groups is 1. The largest absolute Gasteiger partial charge is 0.503 e. The number of carbonyl (C=O) groups is 1. The van der Waals surface area contributed by atoms with Gasteiger partial charge in [-0.2, -0.15) is 5.26 Å². The van der Waals surface area contributed by atoms with Crippen LogP contribution in [0.15, 0.2) is 88.9 Å². The Hall–Kier alpha value is -4.37. The van der Waals surface area contributed by atoms with Gasteiger partial charge in [-0.15, -0.1) is 0 Å². The molecule has 3 atom stereocenters. The molecule has 6 rings (SSSR count). The number of nitriles is 1. The predicted octanol–water partition coefficient (Wildman–Crippen LogP) is 5.25. The summed E-state index contributed by atoms with van der Waals surface area (Å²) < 4.78 is 1.80. The van der Waals surface area contributed by atoms with Crippen molar-refractivity contribution in [3.63, 3.8) is 0 Å². The fourth-order valence-corrected chi connectivity index (χ4v) is 6.21. The fourth-order valence-electron chi connectivity index (χ4n) is 6.21. The summed E-state index contributed by atoms with van der Waals surface area (Å²) in [6, 6.07) is 18.6. The standard InChI is InChI=1S/C31H27N3O3/c1-19-9-12-25-22(15-19)11-10-21-6-2-3-8-24(21)28(25)26-18-34(23-7-4-5-20(16-23)17-32)31(37)29-30(36)27(35)13-14-33(26)29/h2-9,12-14,16,19,26,28,36H,10-11,15,18H2,1H3. The average Bonchev–Trinajstić information content (AvgIpc) is 3.07. The van der Waals surface area contributed by atoms with Crippen LogP contribution in [0.4, 0.5) is 5.69 Å². The number of benzene rings is 2. The number of amides is 1. The third kappa shape index (κ3) is 3.79. The topological polar surface area (TPSA) is 86.3 Å². The first-order valence-electron chi connectivity index (χ1n) is 12.7. The number of hydrogen-bond acceptors (Lipinski definition) is 4. The van der Waals surface area contributed by atoms with Crippen molar-refractivity contribution >= 4 is 11.6 Å². The lowest BCUT2D eigenvalue weighted by molar-refractivity contribution is 0.0946. The van der Waals surface area contributed by atoms with Crippen LogP contribution in [0.5, 0.6) is 5.75 Å². The lowest BCUT2D eigenvalue weighted by Crippen LogP contribution is -2.46. The fraction of sp³-hybridized carbons (Fsp3) is 0.258. The molecule has 3 aromatic rings. The van der Waals surface area contributed by atoms with Crippen molar-refractivity contribution < 1.29 is 9.90 Å². The number of aromatic nitrogens is 1. The van der Waals surface area contributed by atoms with Gasteiger partial charge in [-0.1, -0.05) is 55.0 Å². The number of carbonyl (C=O) groups excluding carboxylic acids is 1. The first-order chi connectivity index (χ1) is 18.0. The Morgan fingerprint density at radius 1 is 1.05 bits per heavy atom. The molecule has 184 valence electrons. The van der Waals surface area contributed by atoms with E-state index in [0.717, 1.165) is 19.3 Å². The van der Waals surface area contributed by atoms with E-state index in [-0.39, 0.29) is 17.7 Å². The average molecular weight is 490 g/mol. The summed E-state index contributed by atoms with van der Waals surface area (Å²) in [6.45, 7) is 2.57. The molecule has 1 amide bonds. The van der Waals surface area contributed by atoms with E-state index in [4.69, 9.17) is 0 Å². The molecule has 1 N–H and O–H groups in total. The third-order valence-corrected chi connectivity index (χ3v) is 7.95. The third-order valence-electron chi connectivity index (χ3n) is 7.95. The van der Waals surface area contributed by atoms with Crippen molar-refractivity contribution in [3.8, 4) is 11.8 Å². The first kappa shape index (κ1) is 23.1. The molecule has 0 bridgehead atoms. The Bertz CT molecular complexity index is 1590. The second-order valence-corrected chi connectivity index (χ2v) is 10.2. The Labute approximate surface area is 215 Å². The van der Waals surface area contributed by atoms with Gasteiger partial charge < -0.3 is 14.6 Å². The zero-order valence-electron chi connectivity index (χ0n) is 20.6. The van der Waals surface area contributed by atoms with Crippen molar-refractivity contribution in [2.24, 2.45) is 5.92 Å². The second kappa shape index (κ2) is 8.94. The molecule has 3 aliphatic rings. The lowest BCUT2D eigenvalue weighted by atomic mass is 9.77. The maximum atomic E-state index is 13.8. The molecular weight excluding hydrogens is 462 g/mol. The van der Waals surface area contributed by atoms with Crippen molar-refractivity contribution in [2.45, 2.75) is 38.1 Å². The van der Waals surface area contributed by atoms with Crippen molar-refractivity contribution in [2.75, 3.05) is 11.4 Å². The summed E-state index contributed by atoms with van der Waals surface area (Å²) in [5.74, 6) is -0.605. The summed E-state index contributed by atoms with van der Waals surface area (Å²) >= 11 is 0. The number of aryl methyl sites for hydroxylation is 1. The van der Waals surface area contributed by atoms with Gasteiger partial charge in [0.05, 0.1) is 17.7 Å². The molecule has 1 aromatic heterocycles. The van der Waals surface area contributed by atoms with Gasteiger partial charge in [0.2, 0.25) is 5.43 Å². The van der Waals surface area contributed by atoms with Gasteiger partial charge in [-0.25, -0.2) is 0 Å². The Morgan fingerprint density at radius 3 is 2.73 bits per heavy atom. The molecule has 37 heavy (non-hydrogen) atoms. The number of anilines is 1. The Balaban J connectivity index is 1.59. The van der Waals surface area contributed by atoms with Crippen LogP contribution >= 0.6 is 0 Å². The SMILES string of the molecule is CC1C=CC2=C(CCc3ccccc3C2C2CN(c3cccc(C#N)c3)C(=O)c3c(O)c(=O)ccn32)C1. The normalized spacial score (nSPS) is 22.5. The quantitative estimate of drug-likeness (QED) is 0.533. The van der Waals surface area contributed by atoms with Gasteiger partial charge >= 0.3 is 0 Å². The van der Waals surface area contributed by atoms with Crippen LogP contribution in [0.25, 0.3) is 0 Å². The van der Waals surface area contributed by atoms with Crippen LogP contribution in [-0.4, -0.2) is 22.1 Å². The molecule has 1 aliphatic heterocycles. The minimum Gasteiger partial charge on any atom is -0.503 e. The van der Waals surface area contributed by atoms with E-state index >= 15 is 0 Å². The molecule has 0 fully saturated rings. The Kier molecular flexibility index (Phi) is 5.57. The minimum absolute atomic E-state index is 0.0110. The van der Waals surface area contributed by atoms with Crippen LogP contribution in [0.3, 0.4) is 0 Å². The molecule has 2 aromatic carbocycles. The first-order valence-corrected chi connectivity index (χ1v) is 12.7. The van der Waals surface area contributed by atoms with Crippen molar-refractivity contribution in [1.82, 2.24) is 4.57 Å². The number of pyridine rings is 1. The molecule has 2 heterocycles. The summed E-state index contributed by atoms with van der Waals surface area (Å²) in [5, 5.41) is 20.3. The smallest absolute Gasteiger partial charge is 0.278 e. The van der Waals surface area contributed by atoms with E-state index in [2.05, 4.69) is 49.4 Å². The van der Waals surface area contributed by atoms with E-state index in [1.807, 2.05) is 0 Å².